The molecule has 1 aromatic heterocycles. The number of aromatic amines is 1. The lowest BCUT2D eigenvalue weighted by Crippen LogP contribution is -2.13. The quantitative estimate of drug-likeness (QED) is 0.810. The van der Waals surface area contributed by atoms with Crippen LogP contribution in [0.4, 0.5) is 5.69 Å². The highest BCUT2D eigenvalue weighted by Gasteiger charge is 2.18. The van der Waals surface area contributed by atoms with E-state index < -0.39 is 10.0 Å². The van der Waals surface area contributed by atoms with Crippen LogP contribution in [0.5, 0.6) is 0 Å². The molecule has 0 fully saturated rings. The minimum atomic E-state index is -3.72. The standard InChI is InChI=1S/C12H13ClN2O3S/c1-8-3-2-4-11(13)12(8)15-19(17,18)10-5-9(7-16)14-6-10/h2-6,14-16H,7H2,1H3. The van der Waals surface area contributed by atoms with Gasteiger partial charge >= 0.3 is 0 Å². The van der Waals surface area contributed by atoms with E-state index in [4.69, 9.17) is 16.7 Å². The molecular formula is C12H13ClN2O3S. The van der Waals surface area contributed by atoms with Crippen LogP contribution in [0.2, 0.25) is 5.02 Å². The fourth-order valence-corrected chi connectivity index (χ4v) is 3.11. The molecule has 0 amide bonds. The van der Waals surface area contributed by atoms with Crippen molar-refractivity contribution in [3.05, 3.63) is 46.7 Å². The maximum Gasteiger partial charge on any atom is 0.263 e. The number of rotatable bonds is 4. The predicted molar refractivity (Wildman–Crippen MR) is 73.7 cm³/mol. The summed E-state index contributed by atoms with van der Waals surface area (Å²) in [7, 11) is -3.72. The number of halogens is 1. The minimum absolute atomic E-state index is 0.0517. The molecule has 0 aliphatic heterocycles. The third kappa shape index (κ3) is 2.91. The molecule has 0 aliphatic carbocycles. The van der Waals surface area contributed by atoms with E-state index >= 15 is 0 Å². The van der Waals surface area contributed by atoms with E-state index in [0.717, 1.165) is 5.56 Å². The summed E-state index contributed by atoms with van der Waals surface area (Å²) in [6, 6.07) is 6.49. The van der Waals surface area contributed by atoms with Gasteiger partial charge in [-0.1, -0.05) is 23.7 Å². The Kier molecular flexibility index (Phi) is 3.84. The third-order valence-corrected chi connectivity index (χ3v) is 4.30. The second-order valence-electron chi connectivity index (χ2n) is 4.06. The fraction of sp³-hybridized carbons (Fsp3) is 0.167. The highest BCUT2D eigenvalue weighted by atomic mass is 35.5. The number of H-pyrrole nitrogens is 1. The van der Waals surface area contributed by atoms with Gasteiger partial charge in [-0.3, -0.25) is 4.72 Å². The van der Waals surface area contributed by atoms with Gasteiger partial charge in [0.1, 0.15) is 4.90 Å². The van der Waals surface area contributed by atoms with Crippen molar-refractivity contribution in [1.29, 1.82) is 0 Å². The van der Waals surface area contributed by atoms with E-state index in [9.17, 15) is 8.42 Å². The maximum atomic E-state index is 12.2. The van der Waals surface area contributed by atoms with Crippen molar-refractivity contribution in [3.63, 3.8) is 0 Å². The Morgan fingerprint density at radius 3 is 2.74 bits per heavy atom. The van der Waals surface area contributed by atoms with Crippen LogP contribution in [0.15, 0.2) is 35.4 Å². The van der Waals surface area contributed by atoms with Crippen molar-refractivity contribution >= 4 is 27.3 Å². The zero-order valence-electron chi connectivity index (χ0n) is 10.1. The van der Waals surface area contributed by atoms with Gasteiger partial charge in [0.25, 0.3) is 10.0 Å². The van der Waals surface area contributed by atoms with Crippen LogP contribution in [-0.4, -0.2) is 18.5 Å². The molecule has 7 heteroatoms. The van der Waals surface area contributed by atoms with Gasteiger partial charge in [-0.05, 0) is 24.6 Å². The molecular weight excluding hydrogens is 288 g/mol. The number of aromatic nitrogens is 1. The van der Waals surface area contributed by atoms with E-state index in [2.05, 4.69) is 9.71 Å². The van der Waals surface area contributed by atoms with Crippen LogP contribution in [0.25, 0.3) is 0 Å². The number of para-hydroxylation sites is 1. The van der Waals surface area contributed by atoms with E-state index in [0.29, 0.717) is 16.4 Å². The zero-order valence-corrected chi connectivity index (χ0v) is 11.7. The van der Waals surface area contributed by atoms with E-state index in [1.807, 2.05) is 0 Å². The molecule has 0 radical (unpaired) electrons. The fourth-order valence-electron chi connectivity index (χ4n) is 1.62. The number of nitrogens with one attached hydrogen (secondary N) is 2. The van der Waals surface area contributed by atoms with Gasteiger partial charge in [-0.25, -0.2) is 8.42 Å². The van der Waals surface area contributed by atoms with Crippen LogP contribution >= 0.6 is 11.6 Å². The number of aliphatic hydroxyl groups is 1. The van der Waals surface area contributed by atoms with Crippen molar-refractivity contribution in [2.24, 2.45) is 0 Å². The molecule has 0 saturated heterocycles. The van der Waals surface area contributed by atoms with Crippen LogP contribution in [0.3, 0.4) is 0 Å². The summed E-state index contributed by atoms with van der Waals surface area (Å²) in [5, 5.41) is 9.26. The molecule has 0 aliphatic rings. The summed E-state index contributed by atoms with van der Waals surface area (Å²) in [4.78, 5) is 2.73. The number of benzene rings is 1. The molecule has 1 aromatic carbocycles. The molecule has 5 nitrogen and oxygen atoms in total. The Hall–Kier alpha value is -1.50. The van der Waals surface area contributed by atoms with Crippen LogP contribution < -0.4 is 4.72 Å². The normalized spacial score (nSPS) is 11.5. The first-order valence-electron chi connectivity index (χ1n) is 5.50. The molecule has 0 atom stereocenters. The van der Waals surface area contributed by atoms with Crippen molar-refractivity contribution in [2.75, 3.05) is 4.72 Å². The van der Waals surface area contributed by atoms with E-state index in [-0.39, 0.29) is 11.5 Å². The second kappa shape index (κ2) is 5.24. The van der Waals surface area contributed by atoms with Crippen LogP contribution in [-0.2, 0) is 16.6 Å². The van der Waals surface area contributed by atoms with Gasteiger partial charge in [0, 0.05) is 11.9 Å². The summed E-state index contributed by atoms with van der Waals surface area (Å²) in [6.45, 7) is 1.51. The van der Waals surface area contributed by atoms with Gasteiger partial charge in [0.05, 0.1) is 17.3 Å². The van der Waals surface area contributed by atoms with Gasteiger partial charge in [-0.15, -0.1) is 0 Å². The SMILES string of the molecule is Cc1cccc(Cl)c1NS(=O)(=O)c1c[nH]c(CO)c1. The number of hydrogen-bond donors (Lipinski definition) is 3. The maximum absolute atomic E-state index is 12.2. The number of aliphatic hydroxyl groups excluding tert-OH is 1. The predicted octanol–water partition coefficient (Wildman–Crippen LogP) is 2.27. The number of sulfonamides is 1. The first-order chi connectivity index (χ1) is 8.94. The van der Waals surface area contributed by atoms with Crippen molar-refractivity contribution in [2.45, 2.75) is 18.4 Å². The summed E-state index contributed by atoms with van der Waals surface area (Å²) in [5.41, 5.74) is 1.51. The Bertz CT molecular complexity index is 675. The van der Waals surface area contributed by atoms with E-state index in [1.165, 1.54) is 12.3 Å². The summed E-state index contributed by atoms with van der Waals surface area (Å²) < 4.78 is 26.8. The summed E-state index contributed by atoms with van der Waals surface area (Å²) in [6.07, 6.45) is 1.32. The molecule has 0 unspecified atom stereocenters. The molecule has 0 saturated carbocycles. The Balaban J connectivity index is 2.36. The largest absolute Gasteiger partial charge is 0.390 e. The highest BCUT2D eigenvalue weighted by molar-refractivity contribution is 7.92. The first kappa shape index (κ1) is 13.9. The Morgan fingerprint density at radius 1 is 1.42 bits per heavy atom. The lowest BCUT2D eigenvalue weighted by atomic mass is 10.2. The topological polar surface area (TPSA) is 82.2 Å². The number of aryl methyl sites for hydroxylation is 1. The molecule has 102 valence electrons. The Morgan fingerprint density at radius 2 is 2.16 bits per heavy atom. The molecule has 0 bridgehead atoms. The Labute approximate surface area is 116 Å². The number of anilines is 1. The average Bonchev–Trinajstić information content (AvgIpc) is 2.83. The smallest absolute Gasteiger partial charge is 0.263 e. The van der Waals surface area contributed by atoms with Crippen molar-refractivity contribution in [3.8, 4) is 0 Å². The molecule has 1 heterocycles. The zero-order chi connectivity index (χ0) is 14.0. The van der Waals surface area contributed by atoms with Crippen molar-refractivity contribution < 1.29 is 13.5 Å². The van der Waals surface area contributed by atoms with Gasteiger partial charge in [-0.2, -0.15) is 0 Å². The average molecular weight is 301 g/mol. The summed E-state index contributed by atoms with van der Waals surface area (Å²) in [5.74, 6) is 0. The molecule has 0 spiro atoms. The number of hydrogen-bond acceptors (Lipinski definition) is 3. The third-order valence-electron chi connectivity index (χ3n) is 2.66. The van der Waals surface area contributed by atoms with Gasteiger partial charge in [0.2, 0.25) is 0 Å². The highest BCUT2D eigenvalue weighted by Crippen LogP contribution is 2.27. The lowest BCUT2D eigenvalue weighted by Gasteiger charge is -2.10. The van der Waals surface area contributed by atoms with Gasteiger partial charge < -0.3 is 10.1 Å². The molecule has 2 rings (SSSR count). The summed E-state index contributed by atoms with van der Waals surface area (Å²) >= 11 is 5.98. The molecule has 19 heavy (non-hydrogen) atoms. The lowest BCUT2D eigenvalue weighted by molar-refractivity contribution is 0.277. The van der Waals surface area contributed by atoms with Gasteiger partial charge in [0.15, 0.2) is 0 Å². The van der Waals surface area contributed by atoms with E-state index in [1.54, 1.807) is 25.1 Å². The molecule has 3 N–H and O–H groups in total. The molecule has 2 aromatic rings. The minimum Gasteiger partial charge on any atom is -0.390 e. The monoisotopic (exact) mass is 300 g/mol. The first-order valence-corrected chi connectivity index (χ1v) is 7.36. The van der Waals surface area contributed by atoms with Crippen molar-refractivity contribution in [1.82, 2.24) is 4.98 Å². The van der Waals surface area contributed by atoms with Crippen LogP contribution in [0.1, 0.15) is 11.3 Å². The van der Waals surface area contributed by atoms with Crippen LogP contribution in [0, 0.1) is 6.92 Å². The second-order valence-corrected chi connectivity index (χ2v) is 6.15.